The fourth-order valence-electron chi connectivity index (χ4n) is 2.40. The van der Waals surface area contributed by atoms with E-state index in [1.165, 1.54) is 6.07 Å². The van der Waals surface area contributed by atoms with Crippen molar-refractivity contribution in [2.24, 2.45) is 0 Å². The minimum absolute atomic E-state index is 0.208. The van der Waals surface area contributed by atoms with Gasteiger partial charge in [0.2, 0.25) is 0 Å². The minimum atomic E-state index is -0.549. The number of anilines is 1. The largest absolute Gasteiger partial charge is 0.458 e. The van der Waals surface area contributed by atoms with Crippen molar-refractivity contribution in [3.05, 3.63) is 29.6 Å². The van der Waals surface area contributed by atoms with Crippen molar-refractivity contribution in [3.63, 3.8) is 0 Å². The highest BCUT2D eigenvalue weighted by Gasteiger charge is 2.19. The summed E-state index contributed by atoms with van der Waals surface area (Å²) in [5.74, 6) is 1.48. The van der Waals surface area contributed by atoms with E-state index in [1.807, 2.05) is 11.9 Å². The van der Waals surface area contributed by atoms with E-state index < -0.39 is 11.8 Å². The van der Waals surface area contributed by atoms with E-state index in [2.05, 4.69) is 10.8 Å². The summed E-state index contributed by atoms with van der Waals surface area (Å²) in [6.07, 6.45) is 5.13. The fraction of sp³-hybridized carbons (Fsp3) is 0.471. The maximum Gasteiger partial charge on any atom is 0.338 e. The second-order valence-corrected chi connectivity index (χ2v) is 5.58. The SMILES string of the molecule is C#CC[C@@H](C)OC(=O)c1ccc(N2CCN(C)CC2)c(F)c1. The molecule has 0 spiro atoms. The van der Waals surface area contributed by atoms with Gasteiger partial charge in [-0.2, -0.15) is 0 Å². The summed E-state index contributed by atoms with van der Waals surface area (Å²) in [6.45, 7) is 5.05. The van der Waals surface area contributed by atoms with Gasteiger partial charge in [0.25, 0.3) is 0 Å². The molecule has 0 radical (unpaired) electrons. The molecule has 1 atom stereocenters. The van der Waals surface area contributed by atoms with Crippen LogP contribution in [0.15, 0.2) is 18.2 Å². The zero-order valence-corrected chi connectivity index (χ0v) is 13.0. The number of likely N-dealkylation sites (N-methyl/N-ethyl adjacent to an activating group) is 1. The summed E-state index contributed by atoms with van der Waals surface area (Å²) in [4.78, 5) is 16.1. The number of benzene rings is 1. The smallest absolute Gasteiger partial charge is 0.338 e. The highest BCUT2D eigenvalue weighted by Crippen LogP contribution is 2.22. The van der Waals surface area contributed by atoms with Gasteiger partial charge in [0.15, 0.2) is 0 Å². The van der Waals surface area contributed by atoms with Gasteiger partial charge in [-0.1, -0.05) is 0 Å². The van der Waals surface area contributed by atoms with Crippen molar-refractivity contribution in [2.75, 3.05) is 38.1 Å². The highest BCUT2D eigenvalue weighted by atomic mass is 19.1. The zero-order valence-electron chi connectivity index (χ0n) is 13.0. The van der Waals surface area contributed by atoms with E-state index in [-0.39, 0.29) is 11.7 Å². The Balaban J connectivity index is 2.06. The van der Waals surface area contributed by atoms with Crippen LogP contribution in [0.4, 0.5) is 10.1 Å². The fourth-order valence-corrected chi connectivity index (χ4v) is 2.40. The molecule has 118 valence electrons. The van der Waals surface area contributed by atoms with Crippen molar-refractivity contribution in [2.45, 2.75) is 19.4 Å². The number of hydrogen-bond donors (Lipinski definition) is 0. The molecule has 2 rings (SSSR count). The number of piperazine rings is 1. The van der Waals surface area contributed by atoms with E-state index in [9.17, 15) is 9.18 Å². The molecule has 0 unspecified atom stereocenters. The van der Waals surface area contributed by atoms with Gasteiger partial charge < -0.3 is 14.5 Å². The normalized spacial score (nSPS) is 16.9. The summed E-state index contributed by atoms with van der Waals surface area (Å²) >= 11 is 0. The number of ether oxygens (including phenoxy) is 1. The Labute approximate surface area is 130 Å². The highest BCUT2D eigenvalue weighted by molar-refractivity contribution is 5.90. The number of hydrogen-bond acceptors (Lipinski definition) is 4. The standard InChI is InChI=1S/C17H21FN2O2/c1-4-5-13(2)22-17(21)14-6-7-16(15(18)12-14)20-10-8-19(3)9-11-20/h1,6-7,12-13H,5,8-11H2,2-3H3/t13-/m1/s1. The maximum absolute atomic E-state index is 14.3. The molecule has 4 nitrogen and oxygen atoms in total. The first kappa shape index (κ1) is 16.3. The lowest BCUT2D eigenvalue weighted by Crippen LogP contribution is -2.44. The molecule has 0 N–H and O–H groups in total. The van der Waals surface area contributed by atoms with Crippen molar-refractivity contribution < 1.29 is 13.9 Å². The molecular weight excluding hydrogens is 283 g/mol. The van der Waals surface area contributed by atoms with Gasteiger partial charge in [-0.3, -0.25) is 0 Å². The molecule has 1 aliphatic heterocycles. The van der Waals surface area contributed by atoms with Crippen molar-refractivity contribution in [1.82, 2.24) is 4.90 Å². The van der Waals surface area contributed by atoms with Crippen LogP contribution in [-0.4, -0.2) is 50.2 Å². The average Bonchev–Trinajstić information content (AvgIpc) is 2.48. The molecule has 5 heteroatoms. The van der Waals surface area contributed by atoms with Gasteiger partial charge in [-0.05, 0) is 32.2 Å². The maximum atomic E-state index is 14.3. The second kappa shape index (κ2) is 7.28. The molecule has 1 heterocycles. The van der Waals surface area contributed by atoms with Crippen LogP contribution in [0.3, 0.4) is 0 Å². The van der Waals surface area contributed by atoms with E-state index in [0.717, 1.165) is 26.2 Å². The lowest BCUT2D eigenvalue weighted by molar-refractivity contribution is 0.0351. The Morgan fingerprint density at radius 3 is 2.68 bits per heavy atom. The number of terminal acetylenes is 1. The molecule has 1 aromatic rings. The first-order valence-electron chi connectivity index (χ1n) is 7.38. The summed E-state index contributed by atoms with van der Waals surface area (Å²) in [5.41, 5.74) is 0.737. The van der Waals surface area contributed by atoms with Crippen molar-refractivity contribution >= 4 is 11.7 Å². The Kier molecular flexibility index (Phi) is 5.40. The first-order chi connectivity index (χ1) is 10.5. The van der Waals surface area contributed by atoms with Crippen LogP contribution in [0.5, 0.6) is 0 Å². The zero-order chi connectivity index (χ0) is 16.1. The molecule has 1 aliphatic rings. The summed E-state index contributed by atoms with van der Waals surface area (Å²) < 4.78 is 19.4. The third-order valence-electron chi connectivity index (χ3n) is 3.74. The van der Waals surface area contributed by atoms with Gasteiger partial charge >= 0.3 is 5.97 Å². The van der Waals surface area contributed by atoms with E-state index in [1.54, 1.807) is 19.1 Å². The van der Waals surface area contributed by atoms with Crippen LogP contribution in [0, 0.1) is 18.2 Å². The van der Waals surface area contributed by atoms with Crippen LogP contribution < -0.4 is 4.90 Å². The van der Waals surface area contributed by atoms with Crippen LogP contribution in [0.25, 0.3) is 0 Å². The first-order valence-corrected chi connectivity index (χ1v) is 7.38. The quantitative estimate of drug-likeness (QED) is 0.630. The Hall–Kier alpha value is -2.06. The molecule has 1 aromatic carbocycles. The van der Waals surface area contributed by atoms with Crippen LogP contribution in [0.1, 0.15) is 23.7 Å². The molecule has 0 aromatic heterocycles. The van der Waals surface area contributed by atoms with Gasteiger partial charge in [0.05, 0.1) is 11.3 Å². The number of carbonyl (C=O) groups excluding carboxylic acids is 1. The Bertz CT molecular complexity index is 575. The molecule has 0 amide bonds. The van der Waals surface area contributed by atoms with E-state index >= 15 is 0 Å². The summed E-state index contributed by atoms with van der Waals surface area (Å²) in [6, 6.07) is 4.48. The number of carbonyl (C=O) groups is 1. The van der Waals surface area contributed by atoms with E-state index in [4.69, 9.17) is 11.2 Å². The molecule has 0 aliphatic carbocycles. The number of nitrogens with zero attached hydrogens (tertiary/aromatic N) is 2. The molecule has 22 heavy (non-hydrogen) atoms. The van der Waals surface area contributed by atoms with Gasteiger partial charge in [-0.15, -0.1) is 12.3 Å². The van der Waals surface area contributed by atoms with Crippen molar-refractivity contribution in [1.29, 1.82) is 0 Å². The minimum Gasteiger partial charge on any atom is -0.458 e. The topological polar surface area (TPSA) is 32.8 Å². The predicted octanol–water partition coefficient (Wildman–Crippen LogP) is 2.15. The molecular formula is C17H21FN2O2. The van der Waals surface area contributed by atoms with Gasteiger partial charge in [-0.25, -0.2) is 9.18 Å². The lowest BCUT2D eigenvalue weighted by Gasteiger charge is -2.34. The number of halogens is 1. The summed E-state index contributed by atoms with van der Waals surface area (Å²) in [5, 5.41) is 0. The van der Waals surface area contributed by atoms with Crippen LogP contribution in [-0.2, 0) is 4.74 Å². The summed E-state index contributed by atoms with van der Waals surface area (Å²) in [7, 11) is 2.05. The van der Waals surface area contributed by atoms with E-state index in [0.29, 0.717) is 12.1 Å². The Morgan fingerprint density at radius 1 is 1.41 bits per heavy atom. The third kappa shape index (κ3) is 3.99. The van der Waals surface area contributed by atoms with Gasteiger partial charge in [0.1, 0.15) is 11.9 Å². The predicted molar refractivity (Wildman–Crippen MR) is 84.4 cm³/mol. The third-order valence-corrected chi connectivity index (χ3v) is 3.74. The Morgan fingerprint density at radius 2 is 2.09 bits per heavy atom. The molecule has 0 bridgehead atoms. The molecule has 1 fully saturated rings. The van der Waals surface area contributed by atoms with Crippen LogP contribution >= 0.6 is 0 Å². The monoisotopic (exact) mass is 304 g/mol. The lowest BCUT2D eigenvalue weighted by atomic mass is 10.1. The number of rotatable bonds is 4. The second-order valence-electron chi connectivity index (χ2n) is 5.58. The van der Waals surface area contributed by atoms with Crippen molar-refractivity contribution in [3.8, 4) is 12.3 Å². The number of esters is 1. The van der Waals surface area contributed by atoms with Crippen LogP contribution in [0.2, 0.25) is 0 Å². The molecule has 1 saturated heterocycles. The molecule has 0 saturated carbocycles. The average molecular weight is 304 g/mol. The van der Waals surface area contributed by atoms with Gasteiger partial charge in [0, 0.05) is 32.6 Å².